The summed E-state index contributed by atoms with van der Waals surface area (Å²) in [7, 11) is 0. The number of nitrogens with one attached hydrogen (secondary N) is 1. The third-order valence-electron chi connectivity index (χ3n) is 3.83. The molecule has 1 N–H and O–H groups in total. The van der Waals surface area contributed by atoms with Gasteiger partial charge in [0.2, 0.25) is 0 Å². The molecule has 10 heteroatoms. The molecule has 0 aliphatic carbocycles. The zero-order valence-corrected chi connectivity index (χ0v) is 14.2. The smallest absolute Gasteiger partial charge is 0.306 e. The van der Waals surface area contributed by atoms with E-state index in [0.29, 0.717) is 27.6 Å². The highest BCUT2D eigenvalue weighted by Gasteiger charge is 2.31. The van der Waals surface area contributed by atoms with Crippen LogP contribution in [-0.4, -0.2) is 29.7 Å². The summed E-state index contributed by atoms with van der Waals surface area (Å²) in [6, 6.07) is 3.63. The van der Waals surface area contributed by atoms with Crippen molar-refractivity contribution in [3.8, 4) is 11.3 Å². The fourth-order valence-corrected chi connectivity index (χ4v) is 3.50. The Hall–Kier alpha value is -2.75. The summed E-state index contributed by atoms with van der Waals surface area (Å²) in [5, 5.41) is 3.67. The van der Waals surface area contributed by atoms with Gasteiger partial charge in [0.1, 0.15) is 10.7 Å². The third kappa shape index (κ3) is 2.66. The second-order valence-corrected chi connectivity index (χ2v) is 6.77. The van der Waals surface area contributed by atoms with Gasteiger partial charge < -0.3 is 4.40 Å². The monoisotopic (exact) mass is 379 g/mol. The van der Waals surface area contributed by atoms with Crippen LogP contribution in [0.3, 0.4) is 0 Å². The molecule has 0 saturated carbocycles. The lowest BCUT2D eigenvalue weighted by Gasteiger charge is -2.05. The minimum atomic E-state index is -4.43. The Morgan fingerprint density at radius 2 is 2.04 bits per heavy atom. The number of halogens is 3. The van der Waals surface area contributed by atoms with Crippen molar-refractivity contribution in [3.05, 3.63) is 52.7 Å². The van der Waals surface area contributed by atoms with Crippen molar-refractivity contribution >= 4 is 23.1 Å². The van der Waals surface area contributed by atoms with E-state index >= 15 is 0 Å². The maximum Gasteiger partial charge on any atom is 0.417 e. The van der Waals surface area contributed by atoms with Gasteiger partial charge in [-0.1, -0.05) is 6.92 Å². The van der Waals surface area contributed by atoms with E-state index in [-0.39, 0.29) is 5.56 Å². The summed E-state index contributed by atoms with van der Waals surface area (Å²) >= 11 is 1.46. The fraction of sp³-hybridized carbons (Fsp3) is 0.188. The van der Waals surface area contributed by atoms with Gasteiger partial charge in [0, 0.05) is 24.7 Å². The summed E-state index contributed by atoms with van der Waals surface area (Å²) in [6.07, 6.45) is -0.538. The Kier molecular flexibility index (Phi) is 3.79. The van der Waals surface area contributed by atoms with E-state index < -0.39 is 11.7 Å². The highest BCUT2D eigenvalue weighted by atomic mass is 32.2. The molecule has 0 unspecified atom stereocenters. The van der Waals surface area contributed by atoms with Crippen molar-refractivity contribution < 1.29 is 13.2 Å². The average Bonchev–Trinajstić information content (AvgIpc) is 3.15. The Morgan fingerprint density at radius 1 is 1.23 bits per heavy atom. The van der Waals surface area contributed by atoms with Gasteiger partial charge in [0.25, 0.3) is 5.56 Å². The summed E-state index contributed by atoms with van der Waals surface area (Å²) in [4.78, 5) is 20.7. The van der Waals surface area contributed by atoms with Crippen molar-refractivity contribution in [3.63, 3.8) is 0 Å². The van der Waals surface area contributed by atoms with Crippen LogP contribution in [0.25, 0.3) is 22.6 Å². The minimum Gasteiger partial charge on any atom is -0.306 e. The van der Waals surface area contributed by atoms with Crippen LogP contribution in [0.4, 0.5) is 13.2 Å². The van der Waals surface area contributed by atoms with E-state index in [1.54, 1.807) is 0 Å². The van der Waals surface area contributed by atoms with Gasteiger partial charge in [-0.25, -0.2) is 9.97 Å². The second kappa shape index (κ2) is 5.90. The molecule has 4 aromatic rings. The molecule has 4 rings (SSSR count). The summed E-state index contributed by atoms with van der Waals surface area (Å²) in [5.74, 6) is 0.736. The van der Waals surface area contributed by atoms with E-state index in [0.717, 1.165) is 18.0 Å². The Bertz CT molecular complexity index is 1170. The number of fused-ring (bicyclic) bond motifs is 2. The number of hydrogen-bond acceptors (Lipinski definition) is 4. The van der Waals surface area contributed by atoms with Crippen LogP contribution in [0.2, 0.25) is 0 Å². The van der Waals surface area contributed by atoms with Gasteiger partial charge in [0.05, 0.1) is 16.8 Å². The highest BCUT2D eigenvalue weighted by molar-refractivity contribution is 7.99. The molecule has 26 heavy (non-hydrogen) atoms. The first-order chi connectivity index (χ1) is 12.4. The molecule has 4 heterocycles. The van der Waals surface area contributed by atoms with Crippen LogP contribution >= 0.6 is 11.8 Å². The first-order valence-corrected chi connectivity index (χ1v) is 8.66. The van der Waals surface area contributed by atoms with Crippen LogP contribution in [0.1, 0.15) is 12.5 Å². The van der Waals surface area contributed by atoms with Crippen LogP contribution < -0.4 is 5.56 Å². The summed E-state index contributed by atoms with van der Waals surface area (Å²) in [6.45, 7) is 1.95. The topological polar surface area (TPSA) is 67.5 Å². The van der Waals surface area contributed by atoms with Crippen LogP contribution in [-0.2, 0) is 6.18 Å². The van der Waals surface area contributed by atoms with Crippen molar-refractivity contribution in [1.82, 2.24) is 24.0 Å². The van der Waals surface area contributed by atoms with E-state index in [2.05, 4.69) is 15.1 Å². The molecule has 134 valence electrons. The molecule has 0 aliphatic rings. The lowest BCUT2D eigenvalue weighted by Crippen LogP contribution is -2.12. The minimum absolute atomic E-state index is 0.276. The van der Waals surface area contributed by atoms with Crippen LogP contribution in [0, 0.1) is 0 Å². The number of imidazole rings is 1. The number of rotatable bonds is 3. The normalized spacial score (nSPS) is 12.3. The predicted molar refractivity (Wildman–Crippen MR) is 91.4 cm³/mol. The van der Waals surface area contributed by atoms with E-state index in [1.807, 2.05) is 6.92 Å². The first-order valence-electron chi connectivity index (χ1n) is 7.67. The molecule has 6 nitrogen and oxygen atoms in total. The standard InChI is InChI=1S/C16H12F3N5OS/c1-2-26-15-13(14-20-6-5-12(25)24(14)22-15)10-8-23-7-9(16(17,18)19)3-4-11(23)21-10/h3-8,22H,2H2,1H3. The number of thioether (sulfide) groups is 1. The molecule has 0 saturated heterocycles. The van der Waals surface area contributed by atoms with Gasteiger partial charge in [-0.05, 0) is 17.9 Å². The molecule has 0 radical (unpaired) electrons. The highest BCUT2D eigenvalue weighted by Crippen LogP contribution is 2.34. The molecule has 0 fully saturated rings. The number of H-pyrrole nitrogens is 1. The first kappa shape index (κ1) is 16.7. The molecule has 0 spiro atoms. The van der Waals surface area contributed by atoms with Crippen LogP contribution in [0.5, 0.6) is 0 Å². The van der Waals surface area contributed by atoms with E-state index in [1.165, 1.54) is 45.2 Å². The lowest BCUT2D eigenvalue weighted by molar-refractivity contribution is -0.137. The Balaban J connectivity index is 1.96. The number of aromatic amines is 1. The number of alkyl halides is 3. The SMILES string of the molecule is CCSc1[nH]n2c(=O)ccnc2c1-c1cn2cc(C(F)(F)F)ccc2n1. The quantitative estimate of drug-likeness (QED) is 0.554. The molecule has 0 aromatic carbocycles. The number of aromatic nitrogens is 5. The van der Waals surface area contributed by atoms with E-state index in [4.69, 9.17) is 0 Å². The molecule has 0 bridgehead atoms. The Labute approximate surface area is 148 Å². The largest absolute Gasteiger partial charge is 0.417 e. The molecule has 4 aromatic heterocycles. The van der Waals surface area contributed by atoms with Gasteiger partial charge >= 0.3 is 6.18 Å². The number of nitrogens with zero attached hydrogens (tertiary/aromatic N) is 4. The molecule has 0 atom stereocenters. The summed E-state index contributed by atoms with van der Waals surface area (Å²) < 4.78 is 41.4. The summed E-state index contributed by atoms with van der Waals surface area (Å²) in [5.41, 5.74) is 0.752. The third-order valence-corrected chi connectivity index (χ3v) is 4.71. The maximum absolute atomic E-state index is 12.9. The molecule has 0 amide bonds. The predicted octanol–water partition coefficient (Wildman–Crippen LogP) is 3.47. The van der Waals surface area contributed by atoms with Crippen molar-refractivity contribution in [2.24, 2.45) is 0 Å². The number of hydrogen-bond donors (Lipinski definition) is 1. The maximum atomic E-state index is 12.9. The molecular formula is C16H12F3N5OS. The van der Waals surface area contributed by atoms with Crippen molar-refractivity contribution in [2.75, 3.05) is 5.75 Å². The van der Waals surface area contributed by atoms with Crippen molar-refractivity contribution in [1.29, 1.82) is 0 Å². The van der Waals surface area contributed by atoms with E-state index in [9.17, 15) is 18.0 Å². The van der Waals surface area contributed by atoms with Crippen LogP contribution in [0.15, 0.2) is 46.6 Å². The number of pyridine rings is 1. The van der Waals surface area contributed by atoms with Crippen molar-refractivity contribution in [2.45, 2.75) is 18.1 Å². The molecular weight excluding hydrogens is 367 g/mol. The van der Waals surface area contributed by atoms with Gasteiger partial charge in [0.15, 0.2) is 5.65 Å². The van der Waals surface area contributed by atoms with Gasteiger partial charge in [-0.2, -0.15) is 17.7 Å². The van der Waals surface area contributed by atoms with Gasteiger partial charge in [-0.3, -0.25) is 9.89 Å². The fourth-order valence-electron chi connectivity index (χ4n) is 2.71. The Morgan fingerprint density at radius 3 is 2.77 bits per heavy atom. The van der Waals surface area contributed by atoms with Gasteiger partial charge in [-0.15, -0.1) is 11.8 Å². The average molecular weight is 379 g/mol. The zero-order valence-electron chi connectivity index (χ0n) is 13.4. The zero-order chi connectivity index (χ0) is 18.5. The lowest BCUT2D eigenvalue weighted by atomic mass is 10.2. The molecule has 0 aliphatic heterocycles. The second-order valence-electron chi connectivity index (χ2n) is 5.50.